The van der Waals surface area contributed by atoms with Crippen molar-refractivity contribution in [1.29, 1.82) is 0 Å². The first kappa shape index (κ1) is 12.9. The molecule has 0 aliphatic heterocycles. The first-order valence-electron chi connectivity index (χ1n) is 5.69. The van der Waals surface area contributed by atoms with E-state index < -0.39 is 0 Å². The van der Waals surface area contributed by atoms with Gasteiger partial charge in [0, 0.05) is 11.8 Å². The predicted octanol–water partition coefficient (Wildman–Crippen LogP) is 1.99. The molecular weight excluding hydrogens is 246 g/mol. The van der Waals surface area contributed by atoms with Crippen molar-refractivity contribution in [3.63, 3.8) is 0 Å². The van der Waals surface area contributed by atoms with E-state index in [9.17, 15) is 4.79 Å². The van der Waals surface area contributed by atoms with Crippen LogP contribution < -0.4 is 14.8 Å². The monoisotopic (exact) mass is 261 g/mol. The van der Waals surface area contributed by atoms with Crippen LogP contribution in [-0.2, 0) is 0 Å². The summed E-state index contributed by atoms with van der Waals surface area (Å²) in [7, 11) is 3.05. The Kier molecular flexibility index (Phi) is 3.70. The second-order valence-corrected chi connectivity index (χ2v) is 3.96. The minimum absolute atomic E-state index is 0.303. The molecule has 0 aliphatic rings. The Morgan fingerprint density at radius 3 is 2.63 bits per heavy atom. The Bertz CT molecular complexity index is 593. The first-order chi connectivity index (χ1) is 9.13. The quantitative estimate of drug-likeness (QED) is 0.882. The molecule has 2 N–H and O–H groups in total. The Labute approximate surface area is 110 Å². The Hall–Kier alpha value is -2.50. The van der Waals surface area contributed by atoms with E-state index in [0.29, 0.717) is 22.9 Å². The molecule has 19 heavy (non-hydrogen) atoms. The van der Waals surface area contributed by atoms with Gasteiger partial charge in [0.25, 0.3) is 5.91 Å². The van der Waals surface area contributed by atoms with Crippen LogP contribution >= 0.6 is 0 Å². The highest BCUT2D eigenvalue weighted by atomic mass is 16.5. The SMILES string of the molecule is COc1ccc(OC)c(C(=O)Nc2cc(C)[nH]n2)c1. The predicted molar refractivity (Wildman–Crippen MR) is 70.8 cm³/mol. The van der Waals surface area contributed by atoms with Gasteiger partial charge in [0.2, 0.25) is 0 Å². The van der Waals surface area contributed by atoms with Crippen LogP contribution in [0.2, 0.25) is 0 Å². The van der Waals surface area contributed by atoms with Gasteiger partial charge in [-0.2, -0.15) is 5.10 Å². The largest absolute Gasteiger partial charge is 0.497 e. The maximum atomic E-state index is 12.2. The van der Waals surface area contributed by atoms with Crippen LogP contribution in [0.25, 0.3) is 0 Å². The first-order valence-corrected chi connectivity index (χ1v) is 5.69. The van der Waals surface area contributed by atoms with Crippen LogP contribution in [0.1, 0.15) is 16.1 Å². The minimum atomic E-state index is -0.303. The van der Waals surface area contributed by atoms with Crippen LogP contribution in [0.3, 0.4) is 0 Å². The van der Waals surface area contributed by atoms with Gasteiger partial charge >= 0.3 is 0 Å². The zero-order chi connectivity index (χ0) is 13.8. The van der Waals surface area contributed by atoms with Crippen molar-refractivity contribution in [3.05, 3.63) is 35.5 Å². The van der Waals surface area contributed by atoms with Crippen LogP contribution in [0, 0.1) is 6.92 Å². The third-order valence-corrected chi connectivity index (χ3v) is 2.60. The van der Waals surface area contributed by atoms with Gasteiger partial charge in [0.05, 0.1) is 19.8 Å². The number of amides is 1. The van der Waals surface area contributed by atoms with Gasteiger partial charge in [-0.1, -0.05) is 0 Å². The lowest BCUT2D eigenvalue weighted by Gasteiger charge is -2.09. The lowest BCUT2D eigenvalue weighted by Crippen LogP contribution is -2.13. The van der Waals surface area contributed by atoms with Gasteiger partial charge < -0.3 is 14.8 Å². The molecule has 0 bridgehead atoms. The lowest BCUT2D eigenvalue weighted by molar-refractivity contribution is 0.102. The molecule has 2 aromatic rings. The smallest absolute Gasteiger partial charge is 0.260 e. The fourth-order valence-electron chi connectivity index (χ4n) is 1.66. The Morgan fingerprint density at radius 2 is 2.05 bits per heavy atom. The topological polar surface area (TPSA) is 76.2 Å². The van der Waals surface area contributed by atoms with Gasteiger partial charge in [0.1, 0.15) is 11.5 Å². The molecule has 0 spiro atoms. The number of aryl methyl sites for hydroxylation is 1. The van der Waals surface area contributed by atoms with Crippen LogP contribution in [-0.4, -0.2) is 30.3 Å². The number of carbonyl (C=O) groups is 1. The van der Waals surface area contributed by atoms with Gasteiger partial charge in [0.15, 0.2) is 5.82 Å². The zero-order valence-corrected chi connectivity index (χ0v) is 11.0. The molecule has 0 atom stereocenters. The third kappa shape index (κ3) is 2.85. The average Bonchev–Trinajstić information content (AvgIpc) is 2.83. The minimum Gasteiger partial charge on any atom is -0.497 e. The molecule has 1 heterocycles. The summed E-state index contributed by atoms with van der Waals surface area (Å²) in [6, 6.07) is 6.77. The van der Waals surface area contributed by atoms with Crippen molar-refractivity contribution in [2.24, 2.45) is 0 Å². The molecule has 0 aliphatic carbocycles. The molecule has 0 saturated carbocycles. The number of aromatic amines is 1. The van der Waals surface area contributed by atoms with E-state index in [4.69, 9.17) is 9.47 Å². The fourth-order valence-corrected chi connectivity index (χ4v) is 1.66. The number of carbonyl (C=O) groups excluding carboxylic acids is 1. The number of hydrogen-bond donors (Lipinski definition) is 2. The average molecular weight is 261 g/mol. The van der Waals surface area contributed by atoms with E-state index in [0.717, 1.165) is 5.69 Å². The number of rotatable bonds is 4. The molecule has 0 saturated heterocycles. The second-order valence-electron chi connectivity index (χ2n) is 3.96. The Morgan fingerprint density at radius 1 is 1.26 bits per heavy atom. The van der Waals surface area contributed by atoms with Crippen molar-refractivity contribution >= 4 is 11.7 Å². The molecule has 6 heteroatoms. The molecule has 2 rings (SSSR count). The van der Waals surface area contributed by atoms with Crippen molar-refractivity contribution < 1.29 is 14.3 Å². The maximum Gasteiger partial charge on any atom is 0.260 e. The van der Waals surface area contributed by atoms with E-state index in [-0.39, 0.29) is 5.91 Å². The fraction of sp³-hybridized carbons (Fsp3) is 0.231. The van der Waals surface area contributed by atoms with Crippen LogP contribution in [0.15, 0.2) is 24.3 Å². The standard InChI is InChI=1S/C13H15N3O3/c1-8-6-12(16-15-8)14-13(17)10-7-9(18-2)4-5-11(10)19-3/h4-7H,1-3H3,(H2,14,15,16,17). The summed E-state index contributed by atoms with van der Waals surface area (Å²) >= 11 is 0. The van der Waals surface area contributed by atoms with E-state index in [1.165, 1.54) is 7.11 Å². The summed E-state index contributed by atoms with van der Waals surface area (Å²) in [6.07, 6.45) is 0. The van der Waals surface area contributed by atoms with Gasteiger partial charge in [-0.15, -0.1) is 0 Å². The number of nitrogens with one attached hydrogen (secondary N) is 2. The molecule has 1 aromatic carbocycles. The molecule has 0 fully saturated rings. The van der Waals surface area contributed by atoms with E-state index in [2.05, 4.69) is 15.5 Å². The van der Waals surface area contributed by atoms with E-state index >= 15 is 0 Å². The molecular formula is C13H15N3O3. The number of methoxy groups -OCH3 is 2. The molecule has 100 valence electrons. The summed E-state index contributed by atoms with van der Waals surface area (Å²) in [5, 5.41) is 9.39. The summed E-state index contributed by atoms with van der Waals surface area (Å²) < 4.78 is 10.3. The van der Waals surface area contributed by atoms with Crippen molar-refractivity contribution in [2.45, 2.75) is 6.92 Å². The van der Waals surface area contributed by atoms with Crippen LogP contribution in [0.4, 0.5) is 5.82 Å². The number of nitrogens with zero attached hydrogens (tertiary/aromatic N) is 1. The molecule has 6 nitrogen and oxygen atoms in total. The zero-order valence-electron chi connectivity index (χ0n) is 11.0. The van der Waals surface area contributed by atoms with Crippen LogP contribution in [0.5, 0.6) is 11.5 Å². The summed E-state index contributed by atoms with van der Waals surface area (Å²) in [4.78, 5) is 12.2. The van der Waals surface area contributed by atoms with Crippen molar-refractivity contribution in [3.8, 4) is 11.5 Å². The number of hydrogen-bond acceptors (Lipinski definition) is 4. The number of anilines is 1. The van der Waals surface area contributed by atoms with Crippen molar-refractivity contribution in [2.75, 3.05) is 19.5 Å². The number of ether oxygens (including phenoxy) is 2. The third-order valence-electron chi connectivity index (χ3n) is 2.60. The van der Waals surface area contributed by atoms with Gasteiger partial charge in [-0.3, -0.25) is 9.89 Å². The second kappa shape index (κ2) is 5.43. The highest BCUT2D eigenvalue weighted by molar-refractivity contribution is 6.06. The number of aromatic nitrogens is 2. The summed E-state index contributed by atoms with van der Waals surface area (Å²) in [5.41, 5.74) is 1.26. The molecule has 1 aromatic heterocycles. The highest BCUT2D eigenvalue weighted by Crippen LogP contribution is 2.24. The number of benzene rings is 1. The molecule has 0 radical (unpaired) electrons. The van der Waals surface area contributed by atoms with E-state index in [1.54, 1.807) is 31.4 Å². The van der Waals surface area contributed by atoms with E-state index in [1.807, 2.05) is 6.92 Å². The molecule has 1 amide bonds. The summed E-state index contributed by atoms with van der Waals surface area (Å²) in [6.45, 7) is 1.86. The Balaban J connectivity index is 2.26. The lowest BCUT2D eigenvalue weighted by atomic mass is 10.1. The normalized spacial score (nSPS) is 10.1. The number of H-pyrrole nitrogens is 1. The maximum absolute atomic E-state index is 12.2. The van der Waals surface area contributed by atoms with Gasteiger partial charge in [-0.25, -0.2) is 0 Å². The van der Waals surface area contributed by atoms with Crippen molar-refractivity contribution in [1.82, 2.24) is 10.2 Å². The highest BCUT2D eigenvalue weighted by Gasteiger charge is 2.14. The molecule has 0 unspecified atom stereocenters. The van der Waals surface area contributed by atoms with Gasteiger partial charge in [-0.05, 0) is 25.1 Å². The summed E-state index contributed by atoms with van der Waals surface area (Å²) in [5.74, 6) is 1.23.